The monoisotopic (exact) mass is 482 g/mol. The molecule has 0 saturated carbocycles. The zero-order valence-electron chi connectivity index (χ0n) is 18.9. The highest BCUT2D eigenvalue weighted by Crippen LogP contribution is 2.32. The maximum atomic E-state index is 5.58. The molecule has 2 N–H and O–H groups in total. The first-order valence-electron chi connectivity index (χ1n) is 11.5. The Bertz CT molecular complexity index is 1980. The van der Waals surface area contributed by atoms with E-state index in [4.69, 9.17) is 22.2 Å². The molecule has 0 fully saturated rings. The first-order valence-corrected chi connectivity index (χ1v) is 11.9. The van der Waals surface area contributed by atoms with Gasteiger partial charge in [0.05, 0.1) is 22.1 Å². The summed E-state index contributed by atoms with van der Waals surface area (Å²) in [4.78, 5) is 19.1. The Balaban J connectivity index is 1.27. The summed E-state index contributed by atoms with van der Waals surface area (Å²) in [5, 5.41) is 11.4. The quantitative estimate of drug-likeness (QED) is 0.159. The highest BCUT2D eigenvalue weighted by molar-refractivity contribution is 7.80. The minimum absolute atomic E-state index is 0.501. The number of pyridine rings is 2. The highest BCUT2D eigenvalue weighted by Gasteiger charge is 2.14. The lowest BCUT2D eigenvalue weighted by atomic mass is 10.1. The summed E-state index contributed by atoms with van der Waals surface area (Å²) in [6, 6.07) is 28.2. The number of nitrogens with one attached hydrogen (secondary N) is 2. The predicted octanol–water partition coefficient (Wildman–Crippen LogP) is 6.84. The second-order valence-corrected chi connectivity index (χ2v) is 8.97. The molecule has 0 saturated heterocycles. The summed E-state index contributed by atoms with van der Waals surface area (Å²) in [6.45, 7) is 0. The largest absolute Gasteiger partial charge is 0.332 e. The van der Waals surface area contributed by atoms with Crippen LogP contribution in [0.1, 0.15) is 0 Å². The molecule has 36 heavy (non-hydrogen) atoms. The molecule has 0 unspecified atom stereocenters. The fourth-order valence-electron chi connectivity index (χ4n) is 4.65. The average molecular weight is 483 g/mol. The third-order valence-electron chi connectivity index (χ3n) is 6.28. The summed E-state index contributed by atoms with van der Waals surface area (Å²) in [6.07, 6.45) is 3.57. The van der Waals surface area contributed by atoms with Gasteiger partial charge in [-0.3, -0.25) is 9.97 Å². The third kappa shape index (κ3) is 3.45. The maximum Gasteiger partial charge on any atom is 0.175 e. The Kier molecular flexibility index (Phi) is 4.68. The summed E-state index contributed by atoms with van der Waals surface area (Å²) in [7, 11) is 0. The molecule has 6 nitrogen and oxygen atoms in total. The van der Waals surface area contributed by atoms with Crippen LogP contribution in [0.3, 0.4) is 0 Å². The zero-order chi connectivity index (χ0) is 24.1. The highest BCUT2D eigenvalue weighted by atomic mass is 32.1. The first kappa shape index (κ1) is 20.6. The molecule has 7 heteroatoms. The van der Waals surface area contributed by atoms with E-state index >= 15 is 0 Å². The van der Waals surface area contributed by atoms with Crippen LogP contribution >= 0.6 is 12.2 Å². The van der Waals surface area contributed by atoms with E-state index in [-0.39, 0.29) is 0 Å². The van der Waals surface area contributed by atoms with Gasteiger partial charge < -0.3 is 10.6 Å². The molecule has 170 valence electrons. The summed E-state index contributed by atoms with van der Waals surface area (Å²) >= 11 is 5.58. The molecule has 7 rings (SSSR count). The molecule has 4 aromatic carbocycles. The van der Waals surface area contributed by atoms with Gasteiger partial charge >= 0.3 is 0 Å². The van der Waals surface area contributed by atoms with Crippen molar-refractivity contribution >= 4 is 83.4 Å². The first-order chi connectivity index (χ1) is 17.7. The molecular weight excluding hydrogens is 464 g/mol. The van der Waals surface area contributed by atoms with Crippen molar-refractivity contribution in [3.8, 4) is 0 Å². The molecule has 0 amide bonds. The number of hydrogen-bond donors (Lipinski definition) is 2. The van der Waals surface area contributed by atoms with Crippen molar-refractivity contribution in [2.75, 3.05) is 10.6 Å². The number of anilines is 2. The molecule has 3 heterocycles. The maximum absolute atomic E-state index is 5.58. The van der Waals surface area contributed by atoms with E-state index < -0.39 is 0 Å². The third-order valence-corrected chi connectivity index (χ3v) is 6.49. The lowest BCUT2D eigenvalue weighted by Crippen LogP contribution is -2.19. The minimum Gasteiger partial charge on any atom is -0.332 e. The number of benzene rings is 4. The smallest absolute Gasteiger partial charge is 0.175 e. The van der Waals surface area contributed by atoms with E-state index in [1.165, 1.54) is 5.39 Å². The van der Waals surface area contributed by atoms with Gasteiger partial charge in [0.15, 0.2) is 5.11 Å². The van der Waals surface area contributed by atoms with Crippen molar-refractivity contribution in [3.63, 3.8) is 0 Å². The van der Waals surface area contributed by atoms with E-state index in [2.05, 4.69) is 44.9 Å². The van der Waals surface area contributed by atoms with Crippen LogP contribution in [0.15, 0.2) is 97.3 Å². The lowest BCUT2D eigenvalue weighted by molar-refractivity contribution is 1.35. The minimum atomic E-state index is 0.501. The van der Waals surface area contributed by atoms with Gasteiger partial charge in [-0.05, 0) is 65.5 Å². The van der Waals surface area contributed by atoms with Crippen LogP contribution in [-0.2, 0) is 0 Å². The Labute approximate surface area is 211 Å². The zero-order valence-corrected chi connectivity index (χ0v) is 19.8. The number of hydrogen-bond acceptors (Lipinski definition) is 5. The SMILES string of the molecule is S=C(Nc1ccc2ccccc2c1)Nc1ccc2nc3c4ncccc4c4cccnc4c3nc2c1. The van der Waals surface area contributed by atoms with E-state index in [9.17, 15) is 0 Å². The Hall–Kier alpha value is -4.75. The van der Waals surface area contributed by atoms with Crippen molar-refractivity contribution < 1.29 is 0 Å². The van der Waals surface area contributed by atoms with Crippen molar-refractivity contribution in [2.24, 2.45) is 0 Å². The molecule has 0 spiro atoms. The summed E-state index contributed by atoms with van der Waals surface area (Å²) < 4.78 is 0. The van der Waals surface area contributed by atoms with E-state index in [0.717, 1.165) is 60.6 Å². The number of nitrogens with zero attached hydrogens (tertiary/aromatic N) is 4. The fraction of sp³-hybridized carbons (Fsp3) is 0. The Morgan fingerprint density at radius 3 is 1.89 bits per heavy atom. The van der Waals surface area contributed by atoms with Crippen LogP contribution in [0.4, 0.5) is 11.4 Å². The molecule has 0 aliphatic heterocycles. The van der Waals surface area contributed by atoms with E-state index in [1.807, 2.05) is 60.7 Å². The molecule has 0 atom stereocenters. The van der Waals surface area contributed by atoms with Gasteiger partial charge in [-0.1, -0.05) is 42.5 Å². The summed E-state index contributed by atoms with van der Waals surface area (Å²) in [5.41, 5.74) is 6.41. The molecule has 3 aromatic heterocycles. The van der Waals surface area contributed by atoms with Crippen molar-refractivity contribution in [2.45, 2.75) is 0 Å². The van der Waals surface area contributed by atoms with Crippen LogP contribution in [-0.4, -0.2) is 25.0 Å². The van der Waals surface area contributed by atoms with Gasteiger partial charge in [0.1, 0.15) is 11.0 Å². The number of fused-ring (bicyclic) bond motifs is 8. The van der Waals surface area contributed by atoms with Crippen LogP contribution in [0.25, 0.3) is 54.6 Å². The van der Waals surface area contributed by atoms with Gasteiger partial charge in [-0.25, -0.2) is 9.97 Å². The summed E-state index contributed by atoms with van der Waals surface area (Å²) in [5.74, 6) is 0. The Morgan fingerprint density at radius 2 is 1.17 bits per heavy atom. The molecule has 0 aliphatic rings. The second-order valence-electron chi connectivity index (χ2n) is 8.56. The van der Waals surface area contributed by atoms with Crippen molar-refractivity contribution in [1.29, 1.82) is 0 Å². The second kappa shape index (κ2) is 8.18. The van der Waals surface area contributed by atoms with Gasteiger partial charge in [-0.15, -0.1) is 0 Å². The van der Waals surface area contributed by atoms with Crippen molar-refractivity contribution in [3.05, 3.63) is 97.3 Å². The number of thiocarbonyl (C=S) groups is 1. The fourth-order valence-corrected chi connectivity index (χ4v) is 4.88. The van der Waals surface area contributed by atoms with E-state index in [0.29, 0.717) is 5.11 Å². The van der Waals surface area contributed by atoms with Crippen LogP contribution in [0, 0.1) is 0 Å². The van der Waals surface area contributed by atoms with E-state index in [1.54, 1.807) is 12.4 Å². The normalized spacial score (nSPS) is 11.4. The molecule has 7 aromatic rings. The average Bonchev–Trinajstić information content (AvgIpc) is 2.92. The topological polar surface area (TPSA) is 75.6 Å². The Morgan fingerprint density at radius 1 is 0.556 bits per heavy atom. The van der Waals surface area contributed by atoms with Gasteiger partial charge in [-0.2, -0.15) is 0 Å². The van der Waals surface area contributed by atoms with Gasteiger partial charge in [0.25, 0.3) is 0 Å². The van der Waals surface area contributed by atoms with Crippen LogP contribution < -0.4 is 10.6 Å². The number of aromatic nitrogens is 4. The van der Waals surface area contributed by atoms with Crippen molar-refractivity contribution in [1.82, 2.24) is 19.9 Å². The molecule has 0 bridgehead atoms. The number of rotatable bonds is 2. The molecule has 0 radical (unpaired) electrons. The molecular formula is C29H18N6S. The molecule has 0 aliphatic carbocycles. The van der Waals surface area contributed by atoms with Gasteiger partial charge in [0.2, 0.25) is 0 Å². The predicted molar refractivity (Wildman–Crippen MR) is 151 cm³/mol. The van der Waals surface area contributed by atoms with Crippen LogP contribution in [0.2, 0.25) is 0 Å². The standard InChI is InChI=1S/C29H18N6S/c36-29(32-19-10-9-17-5-1-2-6-18(17)15-19)33-20-11-12-23-24(16-20)35-28-26-22(8-4-14-31-26)21-7-3-13-30-25(21)27(28)34-23/h1-16H,(H2,32,33,36). The van der Waals surface area contributed by atoms with Gasteiger partial charge in [0, 0.05) is 34.5 Å². The lowest BCUT2D eigenvalue weighted by Gasteiger charge is -2.12. The van der Waals surface area contributed by atoms with Crippen LogP contribution in [0.5, 0.6) is 0 Å².